The van der Waals surface area contributed by atoms with Crippen LogP contribution < -0.4 is 4.72 Å². The fraction of sp³-hybridized carbons (Fsp3) is 0.538. The van der Waals surface area contributed by atoms with Gasteiger partial charge >= 0.3 is 0 Å². The molecule has 8 heteroatoms. The fourth-order valence-corrected chi connectivity index (χ4v) is 5.18. The van der Waals surface area contributed by atoms with Gasteiger partial charge in [-0.15, -0.1) is 0 Å². The Morgan fingerprint density at radius 2 is 1.90 bits per heavy atom. The molecule has 1 aliphatic carbocycles. The summed E-state index contributed by atoms with van der Waals surface area (Å²) in [7, 11) is -3.87. The van der Waals surface area contributed by atoms with E-state index in [4.69, 9.17) is 23.2 Å². The van der Waals surface area contributed by atoms with Gasteiger partial charge in [-0.2, -0.15) is 0 Å². The molecule has 1 aliphatic rings. The third kappa shape index (κ3) is 3.72. The first-order valence-electron chi connectivity index (χ1n) is 6.50. The quantitative estimate of drug-likeness (QED) is 0.570. The zero-order chi connectivity index (χ0) is 15.7. The smallest absolute Gasteiger partial charge is 0.211 e. The van der Waals surface area contributed by atoms with Gasteiger partial charge in [0, 0.05) is 11.9 Å². The molecule has 0 aromatic heterocycles. The van der Waals surface area contributed by atoms with Gasteiger partial charge in [0.05, 0.1) is 10.0 Å². The molecule has 1 N–H and O–H groups in total. The first kappa shape index (κ1) is 17.5. The Hall–Kier alpha value is 0.120. The summed E-state index contributed by atoms with van der Waals surface area (Å²) >= 11 is 14.8. The summed E-state index contributed by atoms with van der Waals surface area (Å²) in [4.78, 5) is -0.284. The molecule has 0 radical (unpaired) electrons. The van der Waals surface area contributed by atoms with E-state index in [1.54, 1.807) is 0 Å². The molecular formula is C13H15BrCl2FNO2S. The Kier molecular flexibility index (Phi) is 5.58. The Labute approximate surface area is 142 Å². The van der Waals surface area contributed by atoms with E-state index in [0.717, 1.165) is 31.0 Å². The summed E-state index contributed by atoms with van der Waals surface area (Å²) in [6.07, 6.45) is 4.10. The molecule has 0 unspecified atom stereocenters. The lowest BCUT2D eigenvalue weighted by molar-refractivity contribution is 0.347. The molecule has 21 heavy (non-hydrogen) atoms. The second kappa shape index (κ2) is 6.71. The number of hydrogen-bond acceptors (Lipinski definition) is 2. The van der Waals surface area contributed by atoms with Crippen molar-refractivity contribution in [2.24, 2.45) is 5.41 Å². The van der Waals surface area contributed by atoms with E-state index in [1.807, 2.05) is 0 Å². The molecule has 118 valence electrons. The Balaban J connectivity index is 2.21. The number of halogens is 4. The Bertz CT molecular complexity index is 633. The van der Waals surface area contributed by atoms with Crippen LogP contribution in [0.2, 0.25) is 10.0 Å². The normalized spacial score (nSPS) is 18.1. The molecule has 1 aromatic carbocycles. The number of hydrogen-bond donors (Lipinski definition) is 1. The van der Waals surface area contributed by atoms with Crippen LogP contribution in [-0.2, 0) is 10.0 Å². The van der Waals surface area contributed by atoms with Crippen LogP contribution in [-0.4, -0.2) is 20.3 Å². The van der Waals surface area contributed by atoms with Gasteiger partial charge in [-0.1, -0.05) is 52.0 Å². The van der Waals surface area contributed by atoms with E-state index in [2.05, 4.69) is 20.7 Å². The minimum absolute atomic E-state index is 0.0789. The van der Waals surface area contributed by atoms with Crippen LogP contribution in [0.3, 0.4) is 0 Å². The number of nitrogens with one attached hydrogen (secondary N) is 1. The fourth-order valence-electron chi connectivity index (χ4n) is 2.52. The van der Waals surface area contributed by atoms with Crippen molar-refractivity contribution in [2.75, 3.05) is 11.9 Å². The molecule has 0 amide bonds. The molecule has 1 saturated carbocycles. The lowest BCUT2D eigenvalue weighted by Crippen LogP contribution is -2.37. The molecule has 1 aromatic rings. The van der Waals surface area contributed by atoms with Crippen LogP contribution in [0, 0.1) is 11.2 Å². The van der Waals surface area contributed by atoms with Crippen molar-refractivity contribution in [3.05, 3.63) is 28.0 Å². The van der Waals surface area contributed by atoms with E-state index >= 15 is 0 Å². The highest BCUT2D eigenvalue weighted by molar-refractivity contribution is 9.09. The third-order valence-corrected chi connectivity index (χ3v) is 7.28. The van der Waals surface area contributed by atoms with Crippen LogP contribution in [0.15, 0.2) is 17.0 Å². The minimum Gasteiger partial charge on any atom is -0.211 e. The zero-order valence-electron chi connectivity index (χ0n) is 11.1. The van der Waals surface area contributed by atoms with Gasteiger partial charge in [0.15, 0.2) is 5.82 Å². The maximum Gasteiger partial charge on any atom is 0.242 e. The van der Waals surface area contributed by atoms with Crippen LogP contribution >= 0.6 is 39.1 Å². The lowest BCUT2D eigenvalue weighted by atomic mass is 9.89. The summed E-state index contributed by atoms with van der Waals surface area (Å²) in [6.45, 7) is 0.307. The first-order valence-corrected chi connectivity index (χ1v) is 9.86. The van der Waals surface area contributed by atoms with Crippen molar-refractivity contribution in [3.8, 4) is 0 Å². The standard InChI is InChI=1S/C13H15BrCl2FNO2S/c14-7-13(5-1-2-6-13)8-18-21(19,20)10-4-3-9(15)12(17)11(10)16/h3-4,18H,1-2,5-8H2. The molecule has 0 heterocycles. The first-order chi connectivity index (χ1) is 9.81. The lowest BCUT2D eigenvalue weighted by Gasteiger charge is -2.26. The molecule has 0 atom stereocenters. The summed E-state index contributed by atoms with van der Waals surface area (Å²) in [5.41, 5.74) is -0.0789. The third-order valence-electron chi connectivity index (χ3n) is 3.87. The van der Waals surface area contributed by atoms with Gasteiger partial charge in [0.2, 0.25) is 10.0 Å². The van der Waals surface area contributed by atoms with E-state index in [-0.39, 0.29) is 15.3 Å². The van der Waals surface area contributed by atoms with Gasteiger partial charge in [0.1, 0.15) is 4.90 Å². The number of benzene rings is 1. The largest absolute Gasteiger partial charge is 0.242 e. The van der Waals surface area contributed by atoms with Crippen LogP contribution in [0.4, 0.5) is 4.39 Å². The molecule has 0 bridgehead atoms. The number of alkyl halides is 1. The highest BCUT2D eigenvalue weighted by atomic mass is 79.9. The van der Waals surface area contributed by atoms with E-state index in [9.17, 15) is 12.8 Å². The molecular weight excluding hydrogens is 404 g/mol. The van der Waals surface area contributed by atoms with E-state index in [0.29, 0.717) is 6.54 Å². The second-order valence-electron chi connectivity index (χ2n) is 5.34. The van der Waals surface area contributed by atoms with Gasteiger partial charge in [-0.05, 0) is 30.4 Å². The van der Waals surface area contributed by atoms with Crippen molar-refractivity contribution in [3.63, 3.8) is 0 Å². The predicted octanol–water partition coefficient (Wildman–Crippen LogP) is 4.37. The Morgan fingerprint density at radius 3 is 2.48 bits per heavy atom. The predicted molar refractivity (Wildman–Crippen MR) is 86.3 cm³/mol. The van der Waals surface area contributed by atoms with E-state index in [1.165, 1.54) is 12.1 Å². The van der Waals surface area contributed by atoms with Crippen molar-refractivity contribution in [2.45, 2.75) is 30.6 Å². The monoisotopic (exact) mass is 417 g/mol. The molecule has 2 rings (SSSR count). The molecule has 0 aliphatic heterocycles. The van der Waals surface area contributed by atoms with Gasteiger partial charge < -0.3 is 0 Å². The SMILES string of the molecule is O=S(=O)(NCC1(CBr)CCCC1)c1ccc(Cl)c(F)c1Cl. The van der Waals surface area contributed by atoms with Crippen molar-refractivity contribution < 1.29 is 12.8 Å². The summed E-state index contributed by atoms with van der Waals surface area (Å²) in [5.74, 6) is -0.919. The summed E-state index contributed by atoms with van der Waals surface area (Å²) in [6, 6.07) is 2.40. The average molecular weight is 419 g/mol. The van der Waals surface area contributed by atoms with Gasteiger partial charge in [-0.25, -0.2) is 17.5 Å². The van der Waals surface area contributed by atoms with Crippen LogP contribution in [0.25, 0.3) is 0 Å². The molecule has 1 fully saturated rings. The minimum atomic E-state index is -3.87. The molecule has 3 nitrogen and oxygen atoms in total. The van der Waals surface area contributed by atoms with Crippen LogP contribution in [0.1, 0.15) is 25.7 Å². The topological polar surface area (TPSA) is 46.2 Å². The van der Waals surface area contributed by atoms with Crippen molar-refractivity contribution >= 4 is 49.2 Å². The molecule has 0 spiro atoms. The van der Waals surface area contributed by atoms with Gasteiger partial charge in [-0.3, -0.25) is 0 Å². The average Bonchev–Trinajstić information content (AvgIpc) is 2.92. The van der Waals surface area contributed by atoms with Crippen molar-refractivity contribution in [1.29, 1.82) is 0 Å². The summed E-state index contributed by atoms with van der Waals surface area (Å²) < 4.78 is 40.8. The summed E-state index contributed by atoms with van der Waals surface area (Å²) in [5, 5.41) is 0.0478. The second-order valence-corrected chi connectivity index (χ2v) is 8.42. The molecule has 0 saturated heterocycles. The van der Waals surface area contributed by atoms with Crippen LogP contribution in [0.5, 0.6) is 0 Å². The highest BCUT2D eigenvalue weighted by Gasteiger charge is 2.34. The van der Waals surface area contributed by atoms with Gasteiger partial charge in [0.25, 0.3) is 0 Å². The van der Waals surface area contributed by atoms with E-state index < -0.39 is 20.9 Å². The van der Waals surface area contributed by atoms with Crippen molar-refractivity contribution in [1.82, 2.24) is 4.72 Å². The number of sulfonamides is 1. The Morgan fingerprint density at radius 1 is 1.29 bits per heavy atom. The highest BCUT2D eigenvalue weighted by Crippen LogP contribution is 2.39. The number of rotatable bonds is 5. The maximum atomic E-state index is 13.6. The maximum absolute atomic E-state index is 13.6. The zero-order valence-corrected chi connectivity index (χ0v) is 15.0.